The van der Waals surface area contributed by atoms with Crippen molar-refractivity contribution in [3.05, 3.63) is 71.1 Å². The summed E-state index contributed by atoms with van der Waals surface area (Å²) in [5.41, 5.74) is 0.822. The molecule has 1 N–H and O–H groups in total. The lowest BCUT2D eigenvalue weighted by Crippen LogP contribution is -2.36. The van der Waals surface area contributed by atoms with Gasteiger partial charge in [0.15, 0.2) is 17.2 Å². The Bertz CT molecular complexity index is 1210. The van der Waals surface area contributed by atoms with E-state index >= 15 is 0 Å². The van der Waals surface area contributed by atoms with Crippen molar-refractivity contribution in [2.24, 2.45) is 5.92 Å². The van der Waals surface area contributed by atoms with Gasteiger partial charge in [0.2, 0.25) is 5.91 Å². The molecule has 4 aromatic heterocycles. The van der Waals surface area contributed by atoms with Crippen molar-refractivity contribution in [1.82, 2.24) is 29.7 Å². The molecule has 0 aromatic carbocycles. The molecule has 0 aliphatic rings. The highest BCUT2D eigenvalue weighted by atomic mass is 16.3. The first-order valence-electron chi connectivity index (χ1n) is 9.72. The predicted octanol–water partition coefficient (Wildman–Crippen LogP) is 2.45. The second-order valence-corrected chi connectivity index (χ2v) is 7.43. The fraction of sp³-hybridized carbons (Fsp3) is 0.286. The highest BCUT2D eigenvalue weighted by molar-refractivity contribution is 5.76. The number of amides is 1. The lowest BCUT2D eigenvalue weighted by molar-refractivity contribution is -0.122. The van der Waals surface area contributed by atoms with Crippen molar-refractivity contribution in [1.29, 1.82) is 0 Å². The van der Waals surface area contributed by atoms with Crippen molar-refractivity contribution in [3.63, 3.8) is 0 Å². The minimum atomic E-state index is -0.367. The maximum absolute atomic E-state index is 12.8. The van der Waals surface area contributed by atoms with Gasteiger partial charge in [-0.05, 0) is 42.7 Å². The first kappa shape index (κ1) is 19.6. The van der Waals surface area contributed by atoms with Gasteiger partial charge >= 0.3 is 0 Å². The quantitative estimate of drug-likeness (QED) is 0.505. The predicted molar refractivity (Wildman–Crippen MR) is 110 cm³/mol. The van der Waals surface area contributed by atoms with Gasteiger partial charge in [-0.15, -0.1) is 10.2 Å². The van der Waals surface area contributed by atoms with Crippen LogP contribution < -0.4 is 10.9 Å². The number of rotatable bonds is 7. The molecule has 30 heavy (non-hydrogen) atoms. The molecule has 0 unspecified atom stereocenters. The Morgan fingerprint density at radius 3 is 2.77 bits per heavy atom. The Morgan fingerprint density at radius 2 is 2.00 bits per heavy atom. The number of furan rings is 1. The van der Waals surface area contributed by atoms with Gasteiger partial charge in [0, 0.05) is 12.3 Å². The summed E-state index contributed by atoms with van der Waals surface area (Å²) < 4.78 is 8.30. The molecule has 0 bridgehead atoms. The van der Waals surface area contributed by atoms with Crippen LogP contribution in [0.4, 0.5) is 0 Å². The Balaban J connectivity index is 1.56. The van der Waals surface area contributed by atoms with Crippen molar-refractivity contribution in [3.8, 4) is 11.5 Å². The number of carbonyl (C=O) groups excluding carboxylic acids is 1. The summed E-state index contributed by atoms with van der Waals surface area (Å²) in [5, 5.41) is 15.7. The van der Waals surface area contributed by atoms with Crippen LogP contribution in [-0.4, -0.2) is 30.3 Å². The molecule has 0 spiro atoms. The number of carbonyl (C=O) groups is 1. The van der Waals surface area contributed by atoms with Crippen LogP contribution in [0.1, 0.15) is 32.1 Å². The zero-order chi connectivity index (χ0) is 21.1. The topological polar surface area (TPSA) is 107 Å². The van der Waals surface area contributed by atoms with E-state index in [9.17, 15) is 9.59 Å². The molecule has 4 heterocycles. The van der Waals surface area contributed by atoms with Crippen LogP contribution in [0.2, 0.25) is 0 Å². The molecule has 0 fully saturated rings. The maximum Gasteiger partial charge on any atom is 0.267 e. The van der Waals surface area contributed by atoms with Gasteiger partial charge in [-0.25, -0.2) is 4.68 Å². The van der Waals surface area contributed by atoms with Crippen LogP contribution in [0.15, 0.2) is 64.1 Å². The van der Waals surface area contributed by atoms with Crippen molar-refractivity contribution in [2.45, 2.75) is 32.9 Å². The van der Waals surface area contributed by atoms with Crippen LogP contribution in [-0.2, 0) is 11.3 Å². The minimum Gasteiger partial charge on any atom is -0.463 e. The largest absolute Gasteiger partial charge is 0.463 e. The fourth-order valence-corrected chi connectivity index (χ4v) is 3.29. The SMILES string of the molecule is CC(C)C[C@H](NC(=O)Cn1nc(-c2ccco2)ccc1=O)c1nnc2ccccn12. The Labute approximate surface area is 172 Å². The van der Waals surface area contributed by atoms with E-state index < -0.39 is 0 Å². The average molecular weight is 406 g/mol. The van der Waals surface area contributed by atoms with Gasteiger partial charge in [0.1, 0.15) is 12.2 Å². The smallest absolute Gasteiger partial charge is 0.267 e. The average Bonchev–Trinajstić information content (AvgIpc) is 3.39. The van der Waals surface area contributed by atoms with E-state index in [2.05, 4.69) is 34.5 Å². The van der Waals surface area contributed by atoms with Crippen molar-refractivity contribution in [2.75, 3.05) is 0 Å². The third-order valence-electron chi connectivity index (χ3n) is 4.63. The Kier molecular flexibility index (Phi) is 5.42. The van der Waals surface area contributed by atoms with Crippen LogP contribution in [0.5, 0.6) is 0 Å². The number of fused-ring (bicyclic) bond motifs is 1. The number of pyridine rings is 1. The van der Waals surface area contributed by atoms with Crippen LogP contribution in [0.3, 0.4) is 0 Å². The summed E-state index contributed by atoms with van der Waals surface area (Å²) in [6.07, 6.45) is 4.07. The third-order valence-corrected chi connectivity index (χ3v) is 4.63. The zero-order valence-corrected chi connectivity index (χ0v) is 16.7. The van der Waals surface area contributed by atoms with Gasteiger partial charge in [-0.1, -0.05) is 19.9 Å². The molecule has 1 atom stereocenters. The van der Waals surface area contributed by atoms with Crippen LogP contribution in [0.25, 0.3) is 17.1 Å². The molecular formula is C21H22N6O3. The molecule has 9 nitrogen and oxygen atoms in total. The number of hydrogen-bond donors (Lipinski definition) is 1. The fourth-order valence-electron chi connectivity index (χ4n) is 3.29. The Hall–Kier alpha value is -3.75. The van der Waals surface area contributed by atoms with E-state index in [0.29, 0.717) is 35.3 Å². The summed E-state index contributed by atoms with van der Waals surface area (Å²) in [6.45, 7) is 3.93. The third kappa shape index (κ3) is 4.14. The molecule has 4 aromatic rings. The first-order valence-corrected chi connectivity index (χ1v) is 9.72. The summed E-state index contributed by atoms with van der Waals surface area (Å²) >= 11 is 0. The van der Waals surface area contributed by atoms with Gasteiger partial charge in [0.25, 0.3) is 5.56 Å². The van der Waals surface area contributed by atoms with Gasteiger partial charge < -0.3 is 9.73 Å². The van der Waals surface area contributed by atoms with Crippen molar-refractivity contribution >= 4 is 11.6 Å². The van der Waals surface area contributed by atoms with Gasteiger partial charge in [-0.2, -0.15) is 5.10 Å². The summed E-state index contributed by atoms with van der Waals surface area (Å²) in [7, 11) is 0. The molecule has 4 rings (SSSR count). The standard InChI is InChI=1S/C21H22N6O3/c1-14(2)12-16(21-24-23-18-7-3-4-10-26(18)21)22-19(28)13-27-20(29)9-8-15(25-27)17-6-5-11-30-17/h3-11,14,16H,12-13H2,1-2H3,(H,22,28)/t16-/m0/s1. The molecule has 0 aliphatic carbocycles. The second-order valence-electron chi connectivity index (χ2n) is 7.43. The zero-order valence-electron chi connectivity index (χ0n) is 16.7. The molecule has 0 saturated heterocycles. The van der Waals surface area contributed by atoms with E-state index in [1.165, 1.54) is 12.3 Å². The summed E-state index contributed by atoms with van der Waals surface area (Å²) in [4.78, 5) is 25.0. The summed E-state index contributed by atoms with van der Waals surface area (Å²) in [6, 6.07) is 11.7. The van der Waals surface area contributed by atoms with E-state index in [1.807, 2.05) is 28.8 Å². The van der Waals surface area contributed by atoms with E-state index in [4.69, 9.17) is 4.42 Å². The highest BCUT2D eigenvalue weighted by Gasteiger charge is 2.22. The van der Waals surface area contributed by atoms with Crippen molar-refractivity contribution < 1.29 is 9.21 Å². The highest BCUT2D eigenvalue weighted by Crippen LogP contribution is 2.20. The van der Waals surface area contributed by atoms with Gasteiger partial charge in [-0.3, -0.25) is 14.0 Å². The normalized spacial score (nSPS) is 12.4. The molecule has 9 heteroatoms. The molecule has 1 amide bonds. The lowest BCUT2D eigenvalue weighted by Gasteiger charge is -2.19. The maximum atomic E-state index is 12.8. The van der Waals surface area contributed by atoms with Crippen LogP contribution >= 0.6 is 0 Å². The molecular weight excluding hydrogens is 384 g/mol. The lowest BCUT2D eigenvalue weighted by atomic mass is 10.0. The van der Waals surface area contributed by atoms with E-state index in [0.717, 1.165) is 4.68 Å². The molecule has 0 radical (unpaired) electrons. The molecule has 154 valence electrons. The second kappa shape index (κ2) is 8.32. The van der Waals surface area contributed by atoms with E-state index in [-0.39, 0.29) is 24.1 Å². The minimum absolute atomic E-state index is 0.210. The van der Waals surface area contributed by atoms with Gasteiger partial charge in [0.05, 0.1) is 12.3 Å². The molecule has 0 aliphatic heterocycles. The van der Waals surface area contributed by atoms with E-state index in [1.54, 1.807) is 18.2 Å². The number of hydrogen-bond acceptors (Lipinski definition) is 6. The summed E-state index contributed by atoms with van der Waals surface area (Å²) in [5.74, 6) is 1.16. The Morgan fingerprint density at radius 1 is 1.13 bits per heavy atom. The monoisotopic (exact) mass is 406 g/mol. The number of aromatic nitrogens is 5. The first-order chi connectivity index (χ1) is 14.5. The van der Waals surface area contributed by atoms with Crippen LogP contribution in [0, 0.1) is 5.92 Å². The number of nitrogens with one attached hydrogen (secondary N) is 1. The number of nitrogens with zero attached hydrogens (tertiary/aromatic N) is 5. The molecule has 0 saturated carbocycles.